The predicted octanol–water partition coefficient (Wildman–Crippen LogP) is 5.06. The predicted molar refractivity (Wildman–Crippen MR) is 110 cm³/mol. The van der Waals surface area contributed by atoms with Gasteiger partial charge in [0.1, 0.15) is 0 Å². The topological polar surface area (TPSA) is 0 Å². The molecule has 0 aliphatic rings. The molecule has 3 rings (SSSR count). The van der Waals surface area contributed by atoms with E-state index in [9.17, 15) is 0 Å². The Bertz CT molecular complexity index is 645. The van der Waals surface area contributed by atoms with Crippen molar-refractivity contribution in [1.29, 1.82) is 0 Å². The average molecular weight is 439 g/mol. The summed E-state index contributed by atoms with van der Waals surface area (Å²) in [6, 6.07) is 32.1. The van der Waals surface area contributed by atoms with E-state index >= 15 is 0 Å². The zero-order valence-electron chi connectivity index (χ0n) is 12.1. The molecule has 0 N–H and O–H groups in total. The molecular weight excluding hydrogens is 422 g/mol. The first-order chi connectivity index (χ1) is 10.7. The van der Waals surface area contributed by atoms with Gasteiger partial charge < -0.3 is 0 Å². The molecule has 22 heavy (non-hydrogen) atoms. The molecule has 0 spiro atoms. The van der Waals surface area contributed by atoms with Gasteiger partial charge in [-0.1, -0.05) is 0 Å². The van der Waals surface area contributed by atoms with E-state index in [1.165, 1.54) is 15.9 Å². The van der Waals surface area contributed by atoms with Crippen LogP contribution in [0.3, 0.4) is 0 Å². The van der Waals surface area contributed by atoms with Gasteiger partial charge in [0.2, 0.25) is 0 Å². The van der Waals surface area contributed by atoms with Crippen molar-refractivity contribution >= 4 is 53.8 Å². The van der Waals surface area contributed by atoms with E-state index in [0.717, 1.165) is 0 Å². The van der Waals surface area contributed by atoms with E-state index in [2.05, 4.69) is 113 Å². The number of hydrogen-bond donors (Lipinski definition) is 0. The summed E-state index contributed by atoms with van der Waals surface area (Å²) in [5, 5.41) is 3.96. The van der Waals surface area contributed by atoms with Gasteiger partial charge >= 0.3 is 150 Å². The second kappa shape index (κ2) is 6.31. The molecule has 0 amide bonds. The average Bonchev–Trinajstić information content (AvgIpc) is 2.63. The molecule has 0 aliphatic carbocycles. The fourth-order valence-corrected chi connectivity index (χ4v) is 10.7. The van der Waals surface area contributed by atoms with Gasteiger partial charge in [0.15, 0.2) is 0 Å². The van der Waals surface area contributed by atoms with E-state index in [0.29, 0.717) is 5.62 Å². The molecule has 0 unspecified atom stereocenters. The molecule has 3 aromatic rings. The first-order valence-electron chi connectivity index (χ1n) is 7.16. The molecule has 0 aliphatic heterocycles. The molecular formula is C19H17ClIP. The summed E-state index contributed by atoms with van der Waals surface area (Å²) in [4.78, 5) is 0. The SMILES string of the molecule is ClCP(I)(c1ccccc1)(c1ccccc1)c1ccccc1. The van der Waals surface area contributed by atoms with Crippen LogP contribution < -0.4 is 15.9 Å². The number of alkyl halides is 1. The monoisotopic (exact) mass is 438 g/mol. The molecule has 0 bridgehead atoms. The van der Waals surface area contributed by atoms with Gasteiger partial charge in [-0.2, -0.15) is 0 Å². The van der Waals surface area contributed by atoms with Gasteiger partial charge in [-0.3, -0.25) is 0 Å². The van der Waals surface area contributed by atoms with E-state index in [1.807, 2.05) is 0 Å². The quantitative estimate of drug-likeness (QED) is 0.303. The second-order valence-electron chi connectivity index (χ2n) is 5.31. The molecule has 0 radical (unpaired) electrons. The van der Waals surface area contributed by atoms with Crippen LogP contribution in [0.1, 0.15) is 0 Å². The minimum atomic E-state index is -2.66. The Kier molecular flexibility index (Phi) is 4.59. The number of benzene rings is 3. The van der Waals surface area contributed by atoms with Gasteiger partial charge in [-0.15, -0.1) is 0 Å². The van der Waals surface area contributed by atoms with Crippen molar-refractivity contribution in [2.75, 3.05) is 5.62 Å². The van der Waals surface area contributed by atoms with E-state index in [-0.39, 0.29) is 0 Å². The van der Waals surface area contributed by atoms with E-state index < -0.39 is 4.25 Å². The van der Waals surface area contributed by atoms with Crippen molar-refractivity contribution in [2.45, 2.75) is 0 Å². The van der Waals surface area contributed by atoms with Crippen LogP contribution >= 0.6 is 37.9 Å². The van der Waals surface area contributed by atoms with Crippen molar-refractivity contribution in [3.63, 3.8) is 0 Å². The van der Waals surface area contributed by atoms with Gasteiger partial charge in [0.05, 0.1) is 0 Å². The minimum absolute atomic E-state index is 0.588. The third-order valence-electron chi connectivity index (χ3n) is 4.11. The van der Waals surface area contributed by atoms with Crippen molar-refractivity contribution in [2.24, 2.45) is 0 Å². The first-order valence-corrected chi connectivity index (χ1v) is 12.9. The van der Waals surface area contributed by atoms with Crippen LogP contribution in [0.5, 0.6) is 0 Å². The zero-order chi connectivity index (χ0) is 15.5. The second-order valence-corrected chi connectivity index (χ2v) is 16.6. The Morgan fingerprint density at radius 1 is 0.591 bits per heavy atom. The summed E-state index contributed by atoms with van der Waals surface area (Å²) in [6.45, 7) is 0. The van der Waals surface area contributed by atoms with Gasteiger partial charge in [-0.25, -0.2) is 0 Å². The summed E-state index contributed by atoms with van der Waals surface area (Å²) in [6.07, 6.45) is 0. The molecule has 0 heterocycles. The van der Waals surface area contributed by atoms with Crippen LogP contribution in [0.15, 0.2) is 91.0 Å². The van der Waals surface area contributed by atoms with Crippen LogP contribution in [-0.4, -0.2) is 5.62 Å². The standard InChI is InChI=1S/C19H17ClIP/c20-16-22(21,17-10-4-1-5-11-17,18-12-6-2-7-13-18)19-14-8-3-9-15-19/h1-15H,16H2. The van der Waals surface area contributed by atoms with E-state index in [4.69, 9.17) is 11.6 Å². The molecule has 0 atom stereocenters. The van der Waals surface area contributed by atoms with Gasteiger partial charge in [-0.05, 0) is 0 Å². The molecule has 3 aromatic carbocycles. The van der Waals surface area contributed by atoms with Crippen LogP contribution in [0.4, 0.5) is 0 Å². The maximum atomic E-state index is 6.72. The van der Waals surface area contributed by atoms with Crippen molar-refractivity contribution in [3.8, 4) is 0 Å². The van der Waals surface area contributed by atoms with Crippen molar-refractivity contribution in [3.05, 3.63) is 91.0 Å². The number of rotatable bonds is 4. The Hall–Kier alpha value is -0.890. The summed E-state index contributed by atoms with van der Waals surface area (Å²) < 4.78 is -2.66. The van der Waals surface area contributed by atoms with Crippen LogP contribution in [0.25, 0.3) is 0 Å². The molecule has 3 heteroatoms. The normalized spacial score (nSPS) is 13.3. The zero-order valence-corrected chi connectivity index (χ0v) is 15.9. The third kappa shape index (κ3) is 2.40. The van der Waals surface area contributed by atoms with Crippen molar-refractivity contribution in [1.82, 2.24) is 0 Å². The Morgan fingerprint density at radius 2 is 0.864 bits per heavy atom. The van der Waals surface area contributed by atoms with Crippen LogP contribution in [0.2, 0.25) is 0 Å². The molecule has 0 saturated carbocycles. The van der Waals surface area contributed by atoms with Gasteiger partial charge in [0, 0.05) is 0 Å². The molecule has 0 saturated heterocycles. The Morgan fingerprint density at radius 3 is 1.09 bits per heavy atom. The fourth-order valence-electron chi connectivity index (χ4n) is 2.87. The fraction of sp³-hybridized carbons (Fsp3) is 0.0526. The van der Waals surface area contributed by atoms with Crippen LogP contribution in [0, 0.1) is 0 Å². The molecule has 0 aromatic heterocycles. The third-order valence-corrected chi connectivity index (χ3v) is 17.4. The molecule has 0 fully saturated rings. The maximum absolute atomic E-state index is 6.72. The van der Waals surface area contributed by atoms with E-state index in [1.54, 1.807) is 0 Å². The van der Waals surface area contributed by atoms with Gasteiger partial charge in [0.25, 0.3) is 0 Å². The Labute approximate surface area is 149 Å². The summed E-state index contributed by atoms with van der Waals surface area (Å²) >= 11 is 9.39. The molecule has 0 nitrogen and oxygen atoms in total. The number of hydrogen-bond acceptors (Lipinski definition) is 0. The summed E-state index contributed by atoms with van der Waals surface area (Å²) in [5.41, 5.74) is 0.588. The molecule has 112 valence electrons. The van der Waals surface area contributed by atoms with Crippen LogP contribution in [-0.2, 0) is 0 Å². The first kappa shape index (κ1) is 16.0. The Balaban J connectivity index is 2.41. The number of halogens is 2. The summed E-state index contributed by atoms with van der Waals surface area (Å²) in [5.74, 6) is 0. The van der Waals surface area contributed by atoms with Crippen molar-refractivity contribution < 1.29 is 0 Å². The summed E-state index contributed by atoms with van der Waals surface area (Å²) in [7, 11) is 0.